The first-order valence-electron chi connectivity index (χ1n) is 7.09. The van der Waals surface area contributed by atoms with Gasteiger partial charge in [-0.3, -0.25) is 14.2 Å². The molecule has 3 aromatic rings. The maximum Gasteiger partial charge on any atom is 0.292 e. The topological polar surface area (TPSA) is 39.3 Å². The molecule has 0 unspecified atom stereocenters. The molecule has 4 heteroatoms. The number of hydrogen-bond acceptors (Lipinski definition) is 2. The highest BCUT2D eigenvalue weighted by molar-refractivity contribution is 5.84. The van der Waals surface area contributed by atoms with Gasteiger partial charge >= 0.3 is 0 Å². The quantitative estimate of drug-likeness (QED) is 0.683. The molecule has 2 aromatic carbocycles. The summed E-state index contributed by atoms with van der Waals surface area (Å²) in [5.41, 5.74) is 3.11. The summed E-state index contributed by atoms with van der Waals surface area (Å²) in [4.78, 5) is 16.9. The van der Waals surface area contributed by atoms with Crippen molar-refractivity contribution in [2.75, 3.05) is 0 Å². The molecule has 0 N–H and O–H groups in total. The molecule has 22 heavy (non-hydrogen) atoms. The molecular weight excluding hydrogens is 274 g/mol. The number of hydrogen-bond donors (Lipinski definition) is 0. The van der Waals surface area contributed by atoms with Crippen molar-refractivity contribution in [1.29, 1.82) is 0 Å². The molecule has 1 heterocycles. The summed E-state index contributed by atoms with van der Waals surface area (Å²) in [7, 11) is 3.61. The van der Waals surface area contributed by atoms with E-state index in [-0.39, 0.29) is 5.56 Å². The number of nitrogens with zero attached hydrogens (tertiary/aromatic N) is 3. The van der Waals surface area contributed by atoms with Crippen LogP contribution in [0.15, 0.2) is 70.5 Å². The van der Waals surface area contributed by atoms with Gasteiger partial charge in [-0.1, -0.05) is 60.7 Å². The summed E-state index contributed by atoms with van der Waals surface area (Å²) in [6.45, 7) is 0. The van der Waals surface area contributed by atoms with Crippen LogP contribution in [0.5, 0.6) is 0 Å². The van der Waals surface area contributed by atoms with E-state index in [0.717, 1.165) is 16.8 Å². The standard InChI is InChI=1S/C18H17N3O/c1-20-17(15-11-7-4-8-12-15)16(18(22)21(20)2)19-13-14-9-5-3-6-10-14/h3-13H,1-2H3. The molecule has 1 aromatic heterocycles. The molecule has 0 aliphatic carbocycles. The van der Waals surface area contributed by atoms with Crippen molar-refractivity contribution in [3.05, 3.63) is 76.6 Å². The molecule has 0 amide bonds. The van der Waals surface area contributed by atoms with Crippen LogP contribution in [-0.2, 0) is 14.1 Å². The fourth-order valence-corrected chi connectivity index (χ4v) is 2.41. The third-order valence-electron chi connectivity index (χ3n) is 3.68. The van der Waals surface area contributed by atoms with Gasteiger partial charge in [0.1, 0.15) is 0 Å². The van der Waals surface area contributed by atoms with Gasteiger partial charge in [0, 0.05) is 25.9 Å². The van der Waals surface area contributed by atoms with Crippen molar-refractivity contribution in [2.45, 2.75) is 0 Å². The van der Waals surface area contributed by atoms with E-state index in [4.69, 9.17) is 0 Å². The predicted octanol–water partition coefficient (Wildman–Crippen LogP) is 3.14. The fourth-order valence-electron chi connectivity index (χ4n) is 2.41. The number of aliphatic imine (C=N–C) groups is 1. The highest BCUT2D eigenvalue weighted by Gasteiger charge is 2.16. The van der Waals surface area contributed by atoms with E-state index in [1.54, 1.807) is 17.9 Å². The minimum atomic E-state index is -0.103. The van der Waals surface area contributed by atoms with Crippen LogP contribution >= 0.6 is 0 Å². The predicted molar refractivity (Wildman–Crippen MR) is 89.8 cm³/mol. The average Bonchev–Trinajstić information content (AvgIpc) is 2.78. The van der Waals surface area contributed by atoms with Crippen molar-refractivity contribution >= 4 is 11.9 Å². The SMILES string of the molecule is Cn1c(-c2ccccc2)c(N=Cc2ccccc2)c(=O)n1C. The molecule has 4 nitrogen and oxygen atoms in total. The maximum absolute atomic E-state index is 12.4. The van der Waals surface area contributed by atoms with Gasteiger partial charge in [-0.05, 0) is 5.56 Å². The molecule has 0 spiro atoms. The smallest absolute Gasteiger partial charge is 0.283 e. The van der Waals surface area contributed by atoms with Crippen LogP contribution in [-0.4, -0.2) is 15.6 Å². The Morgan fingerprint density at radius 1 is 0.864 bits per heavy atom. The molecule has 0 saturated carbocycles. The lowest BCUT2D eigenvalue weighted by atomic mass is 10.1. The van der Waals surface area contributed by atoms with E-state index >= 15 is 0 Å². The van der Waals surface area contributed by atoms with Crippen molar-refractivity contribution in [1.82, 2.24) is 9.36 Å². The minimum absolute atomic E-state index is 0.103. The van der Waals surface area contributed by atoms with Crippen LogP contribution in [0, 0.1) is 0 Å². The molecule has 0 aliphatic rings. The Bertz CT molecular complexity index is 859. The molecule has 0 aliphatic heterocycles. The number of aromatic nitrogens is 2. The Kier molecular flexibility index (Phi) is 3.74. The van der Waals surface area contributed by atoms with Crippen LogP contribution in [0.3, 0.4) is 0 Å². The van der Waals surface area contributed by atoms with Gasteiger partial charge in [0.2, 0.25) is 0 Å². The summed E-state index contributed by atoms with van der Waals surface area (Å²) in [5, 5.41) is 0. The molecule has 0 atom stereocenters. The second-order valence-electron chi connectivity index (χ2n) is 5.08. The van der Waals surface area contributed by atoms with E-state index < -0.39 is 0 Å². The zero-order valence-corrected chi connectivity index (χ0v) is 12.6. The normalized spacial score (nSPS) is 11.2. The van der Waals surface area contributed by atoms with Gasteiger partial charge in [0.15, 0.2) is 5.69 Å². The van der Waals surface area contributed by atoms with E-state index in [0.29, 0.717) is 5.69 Å². The first-order valence-corrected chi connectivity index (χ1v) is 7.09. The lowest BCUT2D eigenvalue weighted by molar-refractivity contribution is 0.584. The Labute approximate surface area is 129 Å². The highest BCUT2D eigenvalue weighted by Crippen LogP contribution is 2.27. The maximum atomic E-state index is 12.4. The molecule has 0 saturated heterocycles. The Balaban J connectivity index is 2.14. The monoisotopic (exact) mass is 291 g/mol. The molecular formula is C18H17N3O. The molecule has 0 radical (unpaired) electrons. The van der Waals surface area contributed by atoms with Gasteiger partial charge in [0.05, 0.1) is 5.69 Å². The lowest BCUT2D eigenvalue weighted by Gasteiger charge is -2.05. The summed E-state index contributed by atoms with van der Waals surface area (Å²) in [6.07, 6.45) is 1.73. The zero-order valence-electron chi connectivity index (χ0n) is 12.6. The van der Waals surface area contributed by atoms with Gasteiger partial charge in [-0.25, -0.2) is 4.99 Å². The molecule has 3 rings (SSSR count). The third-order valence-corrected chi connectivity index (χ3v) is 3.68. The Hall–Kier alpha value is -2.88. The van der Waals surface area contributed by atoms with Crippen LogP contribution in [0.1, 0.15) is 5.56 Å². The first kappa shape index (κ1) is 14.1. The van der Waals surface area contributed by atoms with E-state index in [1.807, 2.05) is 72.4 Å². The van der Waals surface area contributed by atoms with Gasteiger partial charge in [-0.2, -0.15) is 0 Å². The first-order chi connectivity index (χ1) is 10.7. The minimum Gasteiger partial charge on any atom is -0.283 e. The molecule has 0 bridgehead atoms. The highest BCUT2D eigenvalue weighted by atomic mass is 16.1. The van der Waals surface area contributed by atoms with Gasteiger partial charge < -0.3 is 0 Å². The summed E-state index contributed by atoms with van der Waals surface area (Å²) < 4.78 is 3.40. The number of benzene rings is 2. The van der Waals surface area contributed by atoms with Crippen molar-refractivity contribution < 1.29 is 0 Å². The van der Waals surface area contributed by atoms with E-state index in [1.165, 1.54) is 0 Å². The van der Waals surface area contributed by atoms with Crippen LogP contribution in [0.25, 0.3) is 11.3 Å². The van der Waals surface area contributed by atoms with Crippen LogP contribution < -0.4 is 5.56 Å². The van der Waals surface area contributed by atoms with E-state index in [9.17, 15) is 4.79 Å². The Morgan fingerprint density at radius 3 is 2.09 bits per heavy atom. The molecule has 110 valence electrons. The van der Waals surface area contributed by atoms with E-state index in [2.05, 4.69) is 4.99 Å². The Morgan fingerprint density at radius 2 is 1.45 bits per heavy atom. The summed E-state index contributed by atoms with van der Waals surface area (Å²) >= 11 is 0. The van der Waals surface area contributed by atoms with Crippen LogP contribution in [0.2, 0.25) is 0 Å². The van der Waals surface area contributed by atoms with Crippen LogP contribution in [0.4, 0.5) is 5.69 Å². The summed E-state index contributed by atoms with van der Waals surface area (Å²) in [5.74, 6) is 0. The average molecular weight is 291 g/mol. The third kappa shape index (κ3) is 2.51. The second-order valence-corrected chi connectivity index (χ2v) is 5.08. The van der Waals surface area contributed by atoms with Crippen molar-refractivity contribution in [3.63, 3.8) is 0 Å². The zero-order chi connectivity index (χ0) is 15.5. The lowest BCUT2D eigenvalue weighted by Crippen LogP contribution is -2.16. The number of rotatable bonds is 3. The van der Waals surface area contributed by atoms with Gasteiger partial charge in [0.25, 0.3) is 5.56 Å². The van der Waals surface area contributed by atoms with Crippen molar-refractivity contribution in [2.24, 2.45) is 19.1 Å². The second kappa shape index (κ2) is 5.85. The molecule has 0 fully saturated rings. The van der Waals surface area contributed by atoms with Gasteiger partial charge in [-0.15, -0.1) is 0 Å². The fraction of sp³-hybridized carbons (Fsp3) is 0.111. The summed E-state index contributed by atoms with van der Waals surface area (Å²) in [6, 6.07) is 19.6. The van der Waals surface area contributed by atoms with Crippen molar-refractivity contribution in [3.8, 4) is 11.3 Å². The largest absolute Gasteiger partial charge is 0.292 e.